The van der Waals surface area contributed by atoms with Gasteiger partial charge in [-0.05, 0) is 34.0 Å². The number of hydrogen-bond donors (Lipinski definition) is 2. The van der Waals surface area contributed by atoms with Gasteiger partial charge in [-0.15, -0.1) is 11.3 Å². The third-order valence-electron chi connectivity index (χ3n) is 2.63. The van der Waals surface area contributed by atoms with Crippen LogP contribution in [0, 0.1) is 0 Å². The van der Waals surface area contributed by atoms with Gasteiger partial charge in [0.2, 0.25) is 0 Å². The first-order chi connectivity index (χ1) is 9.51. The molecule has 0 radical (unpaired) electrons. The van der Waals surface area contributed by atoms with Crippen LogP contribution in [0.3, 0.4) is 0 Å². The number of ether oxygens (including phenoxy) is 2. The highest BCUT2D eigenvalue weighted by Crippen LogP contribution is 2.42. The lowest BCUT2D eigenvalue weighted by Gasteiger charge is -2.10. The monoisotopic (exact) mass is 301 g/mol. The number of methoxy groups -OCH3 is 1. The molecule has 0 aliphatic heterocycles. The molecule has 7 heteroatoms. The van der Waals surface area contributed by atoms with E-state index in [9.17, 15) is 4.79 Å². The molecule has 3 N–H and O–H groups in total. The fourth-order valence-electron chi connectivity index (χ4n) is 1.69. The number of carbonyl (C=O) groups is 1. The number of nitrogens with two attached hydrogens (primary N) is 1. The molecular weight excluding hydrogens is 278 g/mol. The average molecular weight is 301 g/mol. The second-order valence-corrected chi connectivity index (χ2v) is 5.53. The van der Waals surface area contributed by atoms with Gasteiger partial charge in [0.15, 0.2) is 5.75 Å². The first-order valence-corrected chi connectivity index (χ1v) is 7.34. The van der Waals surface area contributed by atoms with Crippen LogP contribution in [0.1, 0.15) is 23.0 Å². The standard InChI is InChI=1S/C13H23N3O3S/c1-5-19-13(17)11-9(14)10(18-4)12(20-11)15-7-6-8-16(2)3/h15H,5-8,14H2,1-4H3. The summed E-state index contributed by atoms with van der Waals surface area (Å²) in [4.78, 5) is 14.3. The van der Waals surface area contributed by atoms with Gasteiger partial charge in [-0.3, -0.25) is 0 Å². The zero-order valence-corrected chi connectivity index (χ0v) is 13.3. The van der Waals surface area contributed by atoms with Gasteiger partial charge in [-0.2, -0.15) is 0 Å². The van der Waals surface area contributed by atoms with Crippen molar-refractivity contribution in [2.24, 2.45) is 0 Å². The number of nitrogens with zero attached hydrogens (tertiary/aromatic N) is 1. The van der Waals surface area contributed by atoms with E-state index in [1.54, 1.807) is 14.0 Å². The van der Waals surface area contributed by atoms with E-state index >= 15 is 0 Å². The van der Waals surface area contributed by atoms with Crippen molar-refractivity contribution in [2.75, 3.05) is 52.0 Å². The molecule has 0 atom stereocenters. The molecule has 0 saturated heterocycles. The zero-order chi connectivity index (χ0) is 15.1. The van der Waals surface area contributed by atoms with Crippen LogP contribution in [-0.2, 0) is 4.74 Å². The molecule has 0 saturated carbocycles. The van der Waals surface area contributed by atoms with Crippen LogP contribution in [0.5, 0.6) is 5.75 Å². The SMILES string of the molecule is CCOC(=O)c1sc(NCCCN(C)C)c(OC)c1N. The van der Waals surface area contributed by atoms with E-state index in [4.69, 9.17) is 15.2 Å². The number of esters is 1. The maximum atomic E-state index is 11.8. The Hall–Kier alpha value is -1.47. The van der Waals surface area contributed by atoms with E-state index in [-0.39, 0.29) is 0 Å². The van der Waals surface area contributed by atoms with E-state index in [1.165, 1.54) is 11.3 Å². The Morgan fingerprint density at radius 3 is 2.70 bits per heavy atom. The zero-order valence-electron chi connectivity index (χ0n) is 12.5. The van der Waals surface area contributed by atoms with Gasteiger partial charge in [0, 0.05) is 6.54 Å². The van der Waals surface area contributed by atoms with Gasteiger partial charge < -0.3 is 25.4 Å². The number of anilines is 2. The fraction of sp³-hybridized carbons (Fsp3) is 0.615. The van der Waals surface area contributed by atoms with Crippen molar-refractivity contribution in [3.05, 3.63) is 4.88 Å². The predicted octanol–water partition coefficient (Wildman–Crippen LogP) is 1.88. The van der Waals surface area contributed by atoms with Gasteiger partial charge in [0.25, 0.3) is 0 Å². The van der Waals surface area contributed by atoms with Crippen LogP contribution < -0.4 is 15.8 Å². The second kappa shape index (κ2) is 7.96. The summed E-state index contributed by atoms with van der Waals surface area (Å²) in [5.74, 6) is 0.109. The van der Waals surface area contributed by atoms with Gasteiger partial charge in [0.1, 0.15) is 15.6 Å². The number of thiophene rings is 1. The summed E-state index contributed by atoms with van der Waals surface area (Å²) in [7, 11) is 5.60. The Labute approximate surface area is 123 Å². The maximum absolute atomic E-state index is 11.8. The molecule has 0 aromatic carbocycles. The van der Waals surface area contributed by atoms with E-state index in [2.05, 4.69) is 10.2 Å². The van der Waals surface area contributed by atoms with Crippen molar-refractivity contribution in [3.8, 4) is 5.75 Å². The van der Waals surface area contributed by atoms with Gasteiger partial charge in [-0.1, -0.05) is 0 Å². The van der Waals surface area contributed by atoms with Crippen LogP contribution >= 0.6 is 11.3 Å². The lowest BCUT2D eigenvalue weighted by atomic mass is 10.3. The minimum atomic E-state index is -0.408. The topological polar surface area (TPSA) is 76.8 Å². The molecule has 0 aliphatic rings. The van der Waals surface area contributed by atoms with E-state index < -0.39 is 5.97 Å². The van der Waals surface area contributed by atoms with Crippen LogP contribution in [0.15, 0.2) is 0 Å². The summed E-state index contributed by atoms with van der Waals surface area (Å²) in [6.45, 7) is 3.86. The largest absolute Gasteiger partial charge is 0.492 e. The molecule has 0 bridgehead atoms. The first kappa shape index (κ1) is 16.6. The molecule has 0 spiro atoms. The van der Waals surface area contributed by atoms with Gasteiger partial charge in [0.05, 0.1) is 13.7 Å². The number of nitrogen functional groups attached to an aromatic ring is 1. The quantitative estimate of drug-likeness (QED) is 0.564. The van der Waals surface area contributed by atoms with Crippen molar-refractivity contribution in [3.63, 3.8) is 0 Å². The third-order valence-corrected chi connectivity index (χ3v) is 3.76. The van der Waals surface area contributed by atoms with Gasteiger partial charge >= 0.3 is 5.97 Å². The lowest BCUT2D eigenvalue weighted by molar-refractivity contribution is 0.0533. The summed E-state index contributed by atoms with van der Waals surface area (Å²) in [6, 6.07) is 0. The Balaban J connectivity index is 2.75. The molecule has 1 aromatic rings. The number of nitrogens with one attached hydrogen (secondary N) is 1. The normalized spacial score (nSPS) is 10.7. The van der Waals surface area contributed by atoms with Crippen LogP contribution in [0.2, 0.25) is 0 Å². The van der Waals surface area contributed by atoms with Gasteiger partial charge in [-0.25, -0.2) is 4.79 Å². The first-order valence-electron chi connectivity index (χ1n) is 6.53. The van der Waals surface area contributed by atoms with E-state index in [1.807, 2.05) is 14.1 Å². The molecule has 1 heterocycles. The van der Waals surface area contributed by atoms with Crippen LogP contribution in [0.25, 0.3) is 0 Å². The Morgan fingerprint density at radius 1 is 1.45 bits per heavy atom. The minimum absolute atomic E-state index is 0.323. The summed E-state index contributed by atoms with van der Waals surface area (Å²) in [5, 5.41) is 4.03. The van der Waals surface area contributed by atoms with Crippen LogP contribution in [-0.4, -0.2) is 51.8 Å². The highest BCUT2D eigenvalue weighted by molar-refractivity contribution is 7.19. The molecule has 0 amide bonds. The Kier molecular flexibility index (Phi) is 6.60. The highest BCUT2D eigenvalue weighted by Gasteiger charge is 2.22. The van der Waals surface area contributed by atoms with Crippen molar-refractivity contribution in [2.45, 2.75) is 13.3 Å². The van der Waals surface area contributed by atoms with Crippen molar-refractivity contribution in [1.29, 1.82) is 0 Å². The summed E-state index contributed by atoms with van der Waals surface area (Å²) in [6.07, 6.45) is 0.989. The van der Waals surface area contributed by atoms with Crippen molar-refractivity contribution < 1.29 is 14.3 Å². The molecule has 0 unspecified atom stereocenters. The van der Waals surface area contributed by atoms with Crippen molar-refractivity contribution in [1.82, 2.24) is 4.90 Å². The number of rotatable bonds is 8. The second-order valence-electron chi connectivity index (χ2n) is 4.51. The fourth-order valence-corrected chi connectivity index (χ4v) is 2.70. The maximum Gasteiger partial charge on any atom is 0.350 e. The summed E-state index contributed by atoms with van der Waals surface area (Å²) >= 11 is 1.27. The molecule has 6 nitrogen and oxygen atoms in total. The molecule has 114 valence electrons. The smallest absolute Gasteiger partial charge is 0.350 e. The summed E-state index contributed by atoms with van der Waals surface area (Å²) < 4.78 is 10.2. The third kappa shape index (κ3) is 4.28. The van der Waals surface area contributed by atoms with Crippen molar-refractivity contribution >= 4 is 28.0 Å². The minimum Gasteiger partial charge on any atom is -0.492 e. The number of hydrogen-bond acceptors (Lipinski definition) is 7. The van der Waals surface area contributed by atoms with Crippen LogP contribution in [0.4, 0.5) is 10.7 Å². The molecule has 0 aliphatic carbocycles. The highest BCUT2D eigenvalue weighted by atomic mass is 32.1. The molecule has 20 heavy (non-hydrogen) atoms. The Bertz CT molecular complexity index is 446. The molecule has 0 fully saturated rings. The predicted molar refractivity (Wildman–Crippen MR) is 82.9 cm³/mol. The lowest BCUT2D eigenvalue weighted by Crippen LogP contribution is -2.16. The molecule has 1 rings (SSSR count). The molecule has 1 aromatic heterocycles. The average Bonchev–Trinajstić information content (AvgIpc) is 2.71. The number of carbonyl (C=O) groups excluding carboxylic acids is 1. The summed E-state index contributed by atoms with van der Waals surface area (Å²) in [5.41, 5.74) is 6.27. The van der Waals surface area contributed by atoms with E-state index in [0.717, 1.165) is 24.5 Å². The Morgan fingerprint density at radius 2 is 2.15 bits per heavy atom. The molecular formula is C13H23N3O3S. The van der Waals surface area contributed by atoms with E-state index in [0.29, 0.717) is 22.9 Å².